The molecule has 0 unspecified atom stereocenters. The van der Waals surface area contributed by atoms with Gasteiger partial charge >= 0.3 is 12.3 Å². The number of halogens is 3. The number of carbonyl (C=O) groups is 1. The molecule has 0 fully saturated rings. The van der Waals surface area contributed by atoms with Crippen molar-refractivity contribution in [3.05, 3.63) is 28.8 Å². The van der Waals surface area contributed by atoms with Gasteiger partial charge in [-0.1, -0.05) is 13.0 Å². The highest BCUT2D eigenvalue weighted by Gasteiger charge is 2.33. The number of aryl methyl sites for hydroxylation is 1. The number of rotatable bonds is 3. The quantitative estimate of drug-likeness (QED) is 0.794. The molecule has 0 aliphatic heterocycles. The molecule has 0 saturated heterocycles. The second kappa shape index (κ2) is 5.61. The van der Waals surface area contributed by atoms with E-state index in [1.807, 2.05) is 0 Å². The van der Waals surface area contributed by atoms with Crippen LogP contribution in [-0.4, -0.2) is 19.4 Å². The lowest BCUT2D eigenvalue weighted by atomic mass is 9.99. The Balaban J connectivity index is 3.46. The Bertz CT molecular complexity index is 532. The Morgan fingerprint density at radius 1 is 1.42 bits per heavy atom. The van der Waals surface area contributed by atoms with Gasteiger partial charge in [0.15, 0.2) is 0 Å². The highest BCUT2D eigenvalue weighted by atomic mass is 19.4. The fraction of sp³-hybridized carbons (Fsp3) is 0.333. The fourth-order valence-corrected chi connectivity index (χ4v) is 1.58. The molecule has 1 aromatic rings. The van der Waals surface area contributed by atoms with Crippen LogP contribution in [0.15, 0.2) is 12.1 Å². The Hall–Kier alpha value is -2.23. The summed E-state index contributed by atoms with van der Waals surface area (Å²) in [5, 5.41) is 8.96. The van der Waals surface area contributed by atoms with Crippen LogP contribution in [0.1, 0.15) is 28.4 Å². The molecular formula is C12H10F3NO3. The van der Waals surface area contributed by atoms with Gasteiger partial charge in [0.2, 0.25) is 0 Å². The monoisotopic (exact) mass is 273 g/mol. The SMILES string of the molecule is CCc1ccc(OC(F)(F)F)c(C#N)c1C(=O)OC. The van der Waals surface area contributed by atoms with Crippen LogP contribution in [0.25, 0.3) is 0 Å². The normalized spacial score (nSPS) is 10.7. The van der Waals surface area contributed by atoms with E-state index in [4.69, 9.17) is 5.26 Å². The largest absolute Gasteiger partial charge is 0.573 e. The van der Waals surface area contributed by atoms with E-state index in [-0.39, 0.29) is 5.56 Å². The molecule has 0 aliphatic carbocycles. The summed E-state index contributed by atoms with van der Waals surface area (Å²) in [6, 6.07) is 3.86. The number of alkyl halides is 3. The summed E-state index contributed by atoms with van der Waals surface area (Å²) in [4.78, 5) is 11.6. The third-order valence-corrected chi connectivity index (χ3v) is 2.36. The maximum absolute atomic E-state index is 12.2. The van der Waals surface area contributed by atoms with Gasteiger partial charge in [0, 0.05) is 0 Å². The van der Waals surface area contributed by atoms with E-state index in [9.17, 15) is 18.0 Å². The van der Waals surface area contributed by atoms with Crippen LogP contribution in [0.4, 0.5) is 13.2 Å². The van der Waals surface area contributed by atoms with Crippen molar-refractivity contribution in [3.63, 3.8) is 0 Å². The van der Waals surface area contributed by atoms with Crippen molar-refractivity contribution in [3.8, 4) is 11.8 Å². The van der Waals surface area contributed by atoms with Crippen molar-refractivity contribution in [2.45, 2.75) is 19.7 Å². The number of methoxy groups -OCH3 is 1. The molecule has 4 nitrogen and oxygen atoms in total. The molecule has 1 aromatic carbocycles. The third-order valence-electron chi connectivity index (χ3n) is 2.36. The molecule has 0 aliphatic rings. The standard InChI is InChI=1S/C12H10F3NO3/c1-3-7-4-5-9(19-12(13,14)15)8(6-16)10(7)11(17)18-2/h4-5H,3H2,1-2H3. The molecule has 7 heteroatoms. The summed E-state index contributed by atoms with van der Waals surface area (Å²) in [6.45, 7) is 1.70. The predicted octanol–water partition coefficient (Wildman–Crippen LogP) is 2.81. The van der Waals surface area contributed by atoms with Gasteiger partial charge < -0.3 is 9.47 Å². The number of nitriles is 1. The van der Waals surface area contributed by atoms with Crippen molar-refractivity contribution >= 4 is 5.97 Å². The number of esters is 1. The zero-order valence-corrected chi connectivity index (χ0v) is 10.2. The summed E-state index contributed by atoms with van der Waals surface area (Å²) in [5.74, 6) is -1.59. The van der Waals surface area contributed by atoms with Gasteiger partial charge in [0.25, 0.3) is 0 Å². The maximum Gasteiger partial charge on any atom is 0.573 e. The van der Waals surface area contributed by atoms with E-state index in [0.29, 0.717) is 12.0 Å². The number of hydrogen-bond acceptors (Lipinski definition) is 4. The molecule has 0 amide bonds. The highest BCUT2D eigenvalue weighted by Crippen LogP contribution is 2.30. The predicted molar refractivity (Wildman–Crippen MR) is 58.6 cm³/mol. The zero-order valence-electron chi connectivity index (χ0n) is 10.2. The van der Waals surface area contributed by atoms with Crippen LogP contribution in [0.2, 0.25) is 0 Å². The lowest BCUT2D eigenvalue weighted by molar-refractivity contribution is -0.274. The fourth-order valence-electron chi connectivity index (χ4n) is 1.58. The highest BCUT2D eigenvalue weighted by molar-refractivity contribution is 5.94. The second-order valence-electron chi connectivity index (χ2n) is 3.48. The molecule has 0 aromatic heterocycles. The molecule has 0 bridgehead atoms. The first-order chi connectivity index (χ1) is 8.84. The van der Waals surface area contributed by atoms with E-state index in [0.717, 1.165) is 13.2 Å². The van der Waals surface area contributed by atoms with Gasteiger partial charge in [-0.3, -0.25) is 0 Å². The number of nitrogens with zero attached hydrogens (tertiary/aromatic N) is 1. The summed E-state index contributed by atoms with van der Waals surface area (Å²) < 4.78 is 44.8. The van der Waals surface area contributed by atoms with Crippen molar-refractivity contribution in [1.82, 2.24) is 0 Å². The average molecular weight is 273 g/mol. The minimum absolute atomic E-state index is 0.200. The molecule has 0 N–H and O–H groups in total. The molecule has 102 valence electrons. The zero-order chi connectivity index (χ0) is 14.6. The van der Waals surface area contributed by atoms with E-state index in [1.54, 1.807) is 13.0 Å². The van der Waals surface area contributed by atoms with Crippen molar-refractivity contribution < 1.29 is 27.4 Å². The first-order valence-electron chi connectivity index (χ1n) is 5.24. The van der Waals surface area contributed by atoms with Crippen molar-refractivity contribution in [1.29, 1.82) is 5.26 Å². The van der Waals surface area contributed by atoms with Gasteiger partial charge in [-0.25, -0.2) is 4.79 Å². The number of carbonyl (C=O) groups excluding carboxylic acids is 1. The number of ether oxygens (including phenoxy) is 2. The summed E-state index contributed by atoms with van der Waals surface area (Å²) in [6.07, 6.45) is -4.57. The van der Waals surface area contributed by atoms with Crippen molar-refractivity contribution in [2.24, 2.45) is 0 Å². The number of hydrogen-bond donors (Lipinski definition) is 0. The summed E-state index contributed by atoms with van der Waals surface area (Å²) in [7, 11) is 1.08. The summed E-state index contributed by atoms with van der Waals surface area (Å²) >= 11 is 0. The van der Waals surface area contributed by atoms with Gasteiger partial charge in [0.05, 0.1) is 12.7 Å². The van der Waals surface area contributed by atoms with Crippen LogP contribution < -0.4 is 4.74 Å². The van der Waals surface area contributed by atoms with Crippen LogP contribution >= 0.6 is 0 Å². The van der Waals surface area contributed by atoms with Crippen LogP contribution in [0.5, 0.6) is 5.75 Å². The molecule has 19 heavy (non-hydrogen) atoms. The van der Waals surface area contributed by atoms with Crippen LogP contribution in [-0.2, 0) is 11.2 Å². The molecular weight excluding hydrogens is 263 g/mol. The van der Waals surface area contributed by atoms with Crippen molar-refractivity contribution in [2.75, 3.05) is 7.11 Å². The smallest absolute Gasteiger partial charge is 0.465 e. The van der Waals surface area contributed by atoms with Gasteiger partial charge in [-0.05, 0) is 18.1 Å². The molecule has 1 rings (SSSR count). The minimum Gasteiger partial charge on any atom is -0.465 e. The summed E-state index contributed by atoms with van der Waals surface area (Å²) in [5.41, 5.74) is -0.268. The van der Waals surface area contributed by atoms with E-state index < -0.39 is 23.6 Å². The van der Waals surface area contributed by atoms with E-state index >= 15 is 0 Å². The van der Waals surface area contributed by atoms with E-state index in [1.165, 1.54) is 6.07 Å². The molecule has 0 saturated carbocycles. The minimum atomic E-state index is -4.94. The average Bonchev–Trinajstić information content (AvgIpc) is 2.35. The third kappa shape index (κ3) is 3.37. The molecule has 0 spiro atoms. The Kier molecular flexibility index (Phi) is 4.38. The second-order valence-corrected chi connectivity index (χ2v) is 3.48. The Labute approximate surface area is 107 Å². The van der Waals surface area contributed by atoms with Gasteiger partial charge in [-0.2, -0.15) is 5.26 Å². The molecule has 0 heterocycles. The van der Waals surface area contributed by atoms with Gasteiger partial charge in [-0.15, -0.1) is 13.2 Å². The number of benzene rings is 1. The topological polar surface area (TPSA) is 59.3 Å². The van der Waals surface area contributed by atoms with Gasteiger partial charge in [0.1, 0.15) is 17.4 Å². The van der Waals surface area contributed by atoms with Crippen LogP contribution in [0.3, 0.4) is 0 Å². The Morgan fingerprint density at radius 2 is 2.05 bits per heavy atom. The molecule has 0 radical (unpaired) electrons. The lowest BCUT2D eigenvalue weighted by Gasteiger charge is -2.14. The molecule has 0 atom stereocenters. The lowest BCUT2D eigenvalue weighted by Crippen LogP contribution is -2.19. The Morgan fingerprint density at radius 3 is 2.47 bits per heavy atom. The first kappa shape index (κ1) is 14.8. The maximum atomic E-state index is 12.2. The van der Waals surface area contributed by atoms with E-state index in [2.05, 4.69) is 9.47 Å². The van der Waals surface area contributed by atoms with Crippen LogP contribution in [0, 0.1) is 11.3 Å². The first-order valence-corrected chi connectivity index (χ1v) is 5.24.